The minimum absolute atomic E-state index is 0.150. The molecule has 0 unspecified atom stereocenters. The summed E-state index contributed by atoms with van der Waals surface area (Å²) in [7, 11) is 0. The highest BCUT2D eigenvalue weighted by Gasteiger charge is 2.24. The second-order valence-electron chi connectivity index (χ2n) is 5.52. The fourth-order valence-electron chi connectivity index (χ4n) is 2.71. The quantitative estimate of drug-likeness (QED) is 0.850. The van der Waals surface area contributed by atoms with E-state index in [0.717, 1.165) is 26.3 Å². The molecule has 0 saturated carbocycles. The van der Waals surface area contributed by atoms with E-state index in [0.29, 0.717) is 22.2 Å². The second kappa shape index (κ2) is 8.32. The predicted molar refractivity (Wildman–Crippen MR) is 98.2 cm³/mol. The van der Waals surface area contributed by atoms with Gasteiger partial charge in [0.05, 0.1) is 29.3 Å². The number of amides is 1. The number of halogens is 2. The van der Waals surface area contributed by atoms with Crippen molar-refractivity contribution in [1.29, 1.82) is 0 Å². The Bertz CT molecular complexity index is 688. The summed E-state index contributed by atoms with van der Waals surface area (Å²) in [5.41, 5.74) is 0.510. The van der Waals surface area contributed by atoms with E-state index in [9.17, 15) is 4.79 Å². The standard InChI is InChI=1S/C17H18Cl2N2O2S/c18-13-4-3-12(10-14(13)19)17(22)20-11-15(16-2-1-9-24-16)21-5-7-23-8-6-21/h1-4,9-10,15H,5-8,11H2,(H,20,22)/t15-/m1/s1. The number of carbonyl (C=O) groups excluding carboxylic acids is 1. The summed E-state index contributed by atoms with van der Waals surface area (Å²) in [6.07, 6.45) is 0. The van der Waals surface area contributed by atoms with Gasteiger partial charge in [0.15, 0.2) is 0 Å². The number of rotatable bonds is 5. The Hall–Kier alpha value is -1.11. The lowest BCUT2D eigenvalue weighted by atomic mass is 10.1. The molecule has 3 rings (SSSR count). The molecule has 0 radical (unpaired) electrons. The molecule has 2 aromatic rings. The van der Waals surface area contributed by atoms with E-state index in [-0.39, 0.29) is 11.9 Å². The molecular weight excluding hydrogens is 367 g/mol. The van der Waals surface area contributed by atoms with Crippen LogP contribution < -0.4 is 5.32 Å². The van der Waals surface area contributed by atoms with Gasteiger partial charge in [-0.25, -0.2) is 0 Å². The maximum absolute atomic E-state index is 12.4. The van der Waals surface area contributed by atoms with Gasteiger partial charge >= 0.3 is 0 Å². The molecule has 4 nitrogen and oxygen atoms in total. The molecule has 1 aliphatic heterocycles. The smallest absolute Gasteiger partial charge is 0.251 e. The van der Waals surface area contributed by atoms with Gasteiger partial charge in [0.2, 0.25) is 0 Å². The number of hydrogen-bond donors (Lipinski definition) is 1. The molecular formula is C17H18Cl2N2O2S. The Morgan fingerprint density at radius 3 is 2.71 bits per heavy atom. The number of nitrogens with one attached hydrogen (secondary N) is 1. The Kier molecular flexibility index (Phi) is 6.14. The molecule has 0 spiro atoms. The van der Waals surface area contributed by atoms with E-state index < -0.39 is 0 Å². The van der Waals surface area contributed by atoms with Crippen LogP contribution in [0, 0.1) is 0 Å². The van der Waals surface area contributed by atoms with E-state index in [1.807, 2.05) is 6.07 Å². The highest BCUT2D eigenvalue weighted by Crippen LogP contribution is 2.26. The molecule has 1 aromatic heterocycles. The van der Waals surface area contributed by atoms with Gasteiger partial charge in [0, 0.05) is 30.1 Å². The minimum Gasteiger partial charge on any atom is -0.379 e. The van der Waals surface area contributed by atoms with Crippen LogP contribution in [0.4, 0.5) is 0 Å². The van der Waals surface area contributed by atoms with Gasteiger partial charge in [-0.05, 0) is 29.6 Å². The summed E-state index contributed by atoms with van der Waals surface area (Å²) in [4.78, 5) is 16.0. The number of morpholine rings is 1. The third-order valence-corrected chi connectivity index (χ3v) is 5.71. The second-order valence-corrected chi connectivity index (χ2v) is 7.31. The first kappa shape index (κ1) is 17.7. The zero-order valence-corrected chi connectivity index (χ0v) is 15.3. The van der Waals surface area contributed by atoms with E-state index in [4.69, 9.17) is 27.9 Å². The van der Waals surface area contributed by atoms with Crippen molar-refractivity contribution in [2.75, 3.05) is 32.8 Å². The molecule has 0 bridgehead atoms. The number of nitrogens with zero attached hydrogens (tertiary/aromatic N) is 1. The van der Waals surface area contributed by atoms with E-state index in [1.165, 1.54) is 4.88 Å². The van der Waals surface area contributed by atoms with Gasteiger partial charge in [-0.1, -0.05) is 29.3 Å². The van der Waals surface area contributed by atoms with Gasteiger partial charge in [-0.15, -0.1) is 11.3 Å². The summed E-state index contributed by atoms with van der Waals surface area (Å²) in [6.45, 7) is 3.72. The summed E-state index contributed by atoms with van der Waals surface area (Å²) in [6, 6.07) is 9.20. The van der Waals surface area contributed by atoms with Crippen molar-refractivity contribution in [3.63, 3.8) is 0 Å². The first-order chi connectivity index (χ1) is 11.6. The maximum atomic E-state index is 12.4. The van der Waals surface area contributed by atoms with E-state index in [1.54, 1.807) is 29.5 Å². The number of thiophene rings is 1. The lowest BCUT2D eigenvalue weighted by Gasteiger charge is -2.34. The molecule has 1 fully saturated rings. The van der Waals surface area contributed by atoms with Crippen LogP contribution >= 0.6 is 34.5 Å². The Labute approximate surface area is 155 Å². The molecule has 24 heavy (non-hydrogen) atoms. The highest BCUT2D eigenvalue weighted by molar-refractivity contribution is 7.10. The zero-order chi connectivity index (χ0) is 16.9. The van der Waals surface area contributed by atoms with Crippen molar-refractivity contribution < 1.29 is 9.53 Å². The molecule has 1 saturated heterocycles. The monoisotopic (exact) mass is 384 g/mol. The fraction of sp³-hybridized carbons (Fsp3) is 0.353. The van der Waals surface area contributed by atoms with Crippen LogP contribution in [0.25, 0.3) is 0 Å². The van der Waals surface area contributed by atoms with Crippen molar-refractivity contribution in [3.05, 3.63) is 56.2 Å². The van der Waals surface area contributed by atoms with Crippen molar-refractivity contribution >= 4 is 40.4 Å². The SMILES string of the molecule is O=C(NC[C@H](c1cccs1)N1CCOCC1)c1ccc(Cl)c(Cl)c1. The van der Waals surface area contributed by atoms with Gasteiger partial charge in [0.1, 0.15) is 0 Å². The molecule has 1 aromatic carbocycles. The Morgan fingerprint density at radius 1 is 1.25 bits per heavy atom. The summed E-state index contributed by atoms with van der Waals surface area (Å²) < 4.78 is 5.43. The molecule has 1 aliphatic rings. The van der Waals surface area contributed by atoms with Crippen molar-refractivity contribution in [2.24, 2.45) is 0 Å². The van der Waals surface area contributed by atoms with Crippen LogP contribution in [-0.2, 0) is 4.74 Å². The number of carbonyl (C=O) groups is 1. The van der Waals surface area contributed by atoms with Crippen LogP contribution in [0.2, 0.25) is 10.0 Å². The van der Waals surface area contributed by atoms with Crippen molar-refractivity contribution in [2.45, 2.75) is 6.04 Å². The normalized spacial score (nSPS) is 16.8. The summed E-state index contributed by atoms with van der Waals surface area (Å²) in [5, 5.41) is 5.90. The van der Waals surface area contributed by atoms with Gasteiger partial charge < -0.3 is 10.1 Å². The maximum Gasteiger partial charge on any atom is 0.251 e. The van der Waals surface area contributed by atoms with Crippen LogP contribution in [-0.4, -0.2) is 43.7 Å². The number of hydrogen-bond acceptors (Lipinski definition) is 4. The summed E-state index contributed by atoms with van der Waals surface area (Å²) >= 11 is 13.6. The average Bonchev–Trinajstić information content (AvgIpc) is 3.12. The predicted octanol–water partition coefficient (Wildman–Crippen LogP) is 3.86. The van der Waals surface area contributed by atoms with Gasteiger partial charge in [-0.2, -0.15) is 0 Å². The fourth-order valence-corrected chi connectivity index (χ4v) is 3.87. The average molecular weight is 385 g/mol. The third kappa shape index (κ3) is 4.29. The molecule has 1 atom stereocenters. The Balaban J connectivity index is 1.68. The molecule has 1 N–H and O–H groups in total. The van der Waals surface area contributed by atoms with Gasteiger partial charge in [0.25, 0.3) is 5.91 Å². The molecule has 128 valence electrons. The highest BCUT2D eigenvalue weighted by atomic mass is 35.5. The topological polar surface area (TPSA) is 41.6 Å². The van der Waals surface area contributed by atoms with Crippen LogP contribution in [0.3, 0.4) is 0 Å². The molecule has 2 heterocycles. The first-order valence-electron chi connectivity index (χ1n) is 7.73. The van der Waals surface area contributed by atoms with Crippen molar-refractivity contribution in [3.8, 4) is 0 Å². The van der Waals surface area contributed by atoms with Crippen molar-refractivity contribution in [1.82, 2.24) is 10.2 Å². The zero-order valence-electron chi connectivity index (χ0n) is 13.0. The molecule has 1 amide bonds. The largest absolute Gasteiger partial charge is 0.379 e. The van der Waals surface area contributed by atoms with E-state index in [2.05, 4.69) is 21.7 Å². The van der Waals surface area contributed by atoms with Crippen LogP contribution in [0.5, 0.6) is 0 Å². The van der Waals surface area contributed by atoms with Gasteiger partial charge in [-0.3, -0.25) is 9.69 Å². The first-order valence-corrected chi connectivity index (χ1v) is 9.37. The number of ether oxygens (including phenoxy) is 1. The lowest BCUT2D eigenvalue weighted by Crippen LogP contribution is -2.43. The van der Waals surface area contributed by atoms with Crippen LogP contribution in [0.15, 0.2) is 35.7 Å². The Morgan fingerprint density at radius 2 is 2.04 bits per heavy atom. The lowest BCUT2D eigenvalue weighted by molar-refractivity contribution is 0.0169. The van der Waals surface area contributed by atoms with Crippen LogP contribution in [0.1, 0.15) is 21.3 Å². The molecule has 0 aliphatic carbocycles. The third-order valence-electron chi connectivity index (χ3n) is 4.00. The summed E-state index contributed by atoms with van der Waals surface area (Å²) in [5.74, 6) is -0.150. The van der Waals surface area contributed by atoms with E-state index >= 15 is 0 Å². The number of benzene rings is 1. The molecule has 7 heteroatoms. The minimum atomic E-state index is -0.150.